The van der Waals surface area contributed by atoms with Crippen LogP contribution in [0.15, 0.2) is 71.6 Å². The fourth-order valence-electron chi connectivity index (χ4n) is 9.69. The number of amides is 1. The molecule has 6 atom stereocenters. The van der Waals surface area contributed by atoms with Crippen molar-refractivity contribution in [2.45, 2.75) is 134 Å². The number of sulfone groups is 1. The number of carbonyl (C=O) groups is 1. The normalized spacial score (nSPS) is 20.0. The predicted molar refractivity (Wildman–Crippen MR) is 263 cm³/mol. The van der Waals surface area contributed by atoms with E-state index in [0.717, 1.165) is 56.1 Å². The molecule has 16 heteroatoms. The molecule has 7 rings (SSSR count). The highest BCUT2D eigenvalue weighted by Crippen LogP contribution is 2.39. The largest absolute Gasteiger partial charge is 0.486 e. The number of aliphatic hydroxyl groups excluding tert-OH is 1. The van der Waals surface area contributed by atoms with Gasteiger partial charge in [0.2, 0.25) is 0 Å². The van der Waals surface area contributed by atoms with Crippen molar-refractivity contribution in [2.24, 2.45) is 28.4 Å². The van der Waals surface area contributed by atoms with E-state index in [4.69, 9.17) is 38.9 Å². The molecule has 15 nitrogen and oxygen atoms in total. The van der Waals surface area contributed by atoms with Gasteiger partial charge < -0.3 is 49.3 Å². The summed E-state index contributed by atoms with van der Waals surface area (Å²) >= 11 is 0. The van der Waals surface area contributed by atoms with Crippen molar-refractivity contribution in [3.8, 4) is 29.1 Å². The molecule has 2 fully saturated rings. The minimum Gasteiger partial charge on any atom is -0.486 e. The zero-order valence-electron chi connectivity index (χ0n) is 41.5. The first-order chi connectivity index (χ1) is 32.9. The number of ether oxygens (including phenoxy) is 7. The van der Waals surface area contributed by atoms with E-state index in [9.17, 15) is 23.6 Å². The summed E-state index contributed by atoms with van der Waals surface area (Å²) in [6.07, 6.45) is 1.20. The van der Waals surface area contributed by atoms with Gasteiger partial charge in [-0.15, -0.1) is 0 Å². The van der Waals surface area contributed by atoms with E-state index in [-0.39, 0.29) is 54.8 Å². The molecule has 0 aliphatic carbocycles. The fraction of sp³-hybridized carbons (Fsp3) is 0.623. The summed E-state index contributed by atoms with van der Waals surface area (Å²) in [6.45, 7) is 19.7. The first-order valence-corrected chi connectivity index (χ1v) is 26.2. The summed E-state index contributed by atoms with van der Waals surface area (Å²) < 4.78 is 67.9. The zero-order valence-corrected chi connectivity index (χ0v) is 42.3. The van der Waals surface area contributed by atoms with Crippen LogP contribution in [0.3, 0.4) is 0 Å². The molecule has 3 aromatic carbocycles. The predicted octanol–water partition coefficient (Wildman–Crippen LogP) is 7.85. The number of aliphatic hydroxyl groups is 1. The number of carbonyl (C=O) groups excluding carboxylic acids is 1. The lowest BCUT2D eigenvalue weighted by Gasteiger charge is -2.34. The van der Waals surface area contributed by atoms with Crippen LogP contribution >= 0.6 is 0 Å². The maximum atomic E-state index is 14.2. The zero-order chi connectivity index (χ0) is 49.6. The second-order valence-electron chi connectivity index (χ2n) is 20.8. The Morgan fingerprint density at radius 1 is 0.884 bits per heavy atom. The molecule has 0 spiro atoms. The van der Waals surface area contributed by atoms with Gasteiger partial charge in [-0.1, -0.05) is 77.9 Å². The van der Waals surface area contributed by atoms with Gasteiger partial charge in [-0.25, -0.2) is 13.2 Å². The molecule has 0 saturated carbocycles. The number of hydrogen-bond acceptors (Lipinski definition) is 14. The number of nitrogens with zero attached hydrogens (tertiary/aromatic N) is 2. The van der Waals surface area contributed by atoms with Gasteiger partial charge in [0.05, 0.1) is 47.5 Å². The Kier molecular flexibility index (Phi) is 19.4. The average molecular weight is 977 g/mol. The molecule has 0 radical (unpaired) electrons. The Bertz CT molecular complexity index is 2250. The number of nitrogens with one attached hydrogen (secondary N) is 1. The fourth-order valence-corrected chi connectivity index (χ4v) is 11.7. The van der Waals surface area contributed by atoms with E-state index in [1.165, 1.54) is 24.1 Å². The Morgan fingerprint density at radius 2 is 1.55 bits per heavy atom. The Labute approximate surface area is 410 Å². The number of nitrogens with two attached hydrogens (primary N) is 1. The highest BCUT2D eigenvalue weighted by Gasteiger charge is 2.44. The molecule has 4 heterocycles. The lowest BCUT2D eigenvalue weighted by Crippen LogP contribution is -2.48. The third kappa shape index (κ3) is 15.9. The van der Waals surface area contributed by atoms with E-state index in [1.54, 1.807) is 6.07 Å². The van der Waals surface area contributed by atoms with Crippen LogP contribution in [-0.4, -0.2) is 114 Å². The van der Waals surface area contributed by atoms with E-state index >= 15 is 0 Å². The summed E-state index contributed by atoms with van der Waals surface area (Å²) in [5.74, 6) is 3.16. The molecule has 4 N–H and O–H groups in total. The topological polar surface area (TPSA) is 201 Å². The van der Waals surface area contributed by atoms with Crippen LogP contribution in [0.4, 0.5) is 4.79 Å². The van der Waals surface area contributed by atoms with Gasteiger partial charge in [0.1, 0.15) is 32.5 Å². The standard InChI is InChI=1S/C33H42N2O9S.C20H34N2O2/c1-33(2,12-6-13-34)20-24(45(38,39)23-9-10-28-29(19-23)41-16-15-40-28)18-27(36)26(17-22-7-4-3-5-8-22)35-32(37)44-30-21-43-31-25(30)11-14-42-31;1-16(2)13-22(15-20(3,4)8-5-9-21)14-17-6-7-18-19(12-17)24-11-10-23-18/h3-5,7-10,19,24-27,30-31,36H,6,11-12,14-18,20-21H2,1-2H3,(H,35,37);6-7,12,16H,5,8-11,13-15,21H2,1-4H3/t24?,25?,26-,27?,30?,31?;/m0./s1. The molecular weight excluding hydrogens is 901 g/mol. The van der Waals surface area contributed by atoms with Gasteiger partial charge >= 0.3 is 6.09 Å². The van der Waals surface area contributed by atoms with E-state index in [0.29, 0.717) is 56.9 Å². The maximum Gasteiger partial charge on any atom is 0.407 e. The van der Waals surface area contributed by atoms with Gasteiger partial charge in [0.25, 0.3) is 0 Å². The average Bonchev–Trinajstić information content (AvgIpc) is 3.95. The van der Waals surface area contributed by atoms with Crippen molar-refractivity contribution in [3.05, 3.63) is 77.9 Å². The van der Waals surface area contributed by atoms with Crippen molar-refractivity contribution in [2.75, 3.05) is 59.3 Å². The Morgan fingerprint density at radius 3 is 2.22 bits per heavy atom. The SMILES string of the molecule is CC(C)(CCC#N)CC(CC(O)[C@H](Cc1ccccc1)NC(=O)OC1COC2OCCC12)S(=O)(=O)c1ccc2c(c1)OCCO2.CC(C)CN(Cc1ccc2c(c1)OCCO2)CC(C)(C)CCCN. The van der Waals surface area contributed by atoms with Crippen LogP contribution in [-0.2, 0) is 37.0 Å². The van der Waals surface area contributed by atoms with E-state index < -0.39 is 44.8 Å². The molecule has 2 saturated heterocycles. The lowest BCUT2D eigenvalue weighted by atomic mass is 9.82. The minimum atomic E-state index is -4.00. The van der Waals surface area contributed by atoms with Crippen LogP contribution in [0.2, 0.25) is 0 Å². The van der Waals surface area contributed by atoms with Crippen molar-refractivity contribution in [3.63, 3.8) is 0 Å². The number of alkyl carbamates (subject to hydrolysis) is 1. The number of hydrogen-bond donors (Lipinski definition) is 3. The summed E-state index contributed by atoms with van der Waals surface area (Å²) in [7, 11) is -4.00. The molecular formula is C53H76N4O11S. The van der Waals surface area contributed by atoms with Gasteiger partial charge in [-0.05, 0) is 104 Å². The molecule has 3 aromatic rings. The highest BCUT2D eigenvalue weighted by molar-refractivity contribution is 7.92. The van der Waals surface area contributed by atoms with Crippen molar-refractivity contribution >= 4 is 15.9 Å². The molecule has 5 unspecified atom stereocenters. The monoisotopic (exact) mass is 977 g/mol. The van der Waals surface area contributed by atoms with E-state index in [2.05, 4.69) is 56.1 Å². The third-order valence-electron chi connectivity index (χ3n) is 13.1. The van der Waals surface area contributed by atoms with E-state index in [1.807, 2.05) is 50.2 Å². The van der Waals surface area contributed by atoms with Gasteiger partial charge in [0, 0.05) is 32.1 Å². The van der Waals surface area contributed by atoms with Crippen LogP contribution in [0.1, 0.15) is 97.6 Å². The smallest absolute Gasteiger partial charge is 0.407 e. The van der Waals surface area contributed by atoms with Gasteiger partial charge in [0.15, 0.2) is 39.1 Å². The highest BCUT2D eigenvalue weighted by atomic mass is 32.2. The summed E-state index contributed by atoms with van der Waals surface area (Å²) in [5, 5.41) is 22.7. The molecule has 69 heavy (non-hydrogen) atoms. The third-order valence-corrected chi connectivity index (χ3v) is 15.3. The quantitative estimate of drug-likeness (QED) is 0.0879. The minimum absolute atomic E-state index is 0.0515. The molecule has 1 amide bonds. The summed E-state index contributed by atoms with van der Waals surface area (Å²) in [5.41, 5.74) is 7.60. The van der Waals surface area contributed by atoms with Crippen molar-refractivity contribution in [1.29, 1.82) is 5.26 Å². The molecule has 0 aromatic heterocycles. The van der Waals surface area contributed by atoms with Crippen LogP contribution in [0.25, 0.3) is 0 Å². The molecule has 4 aliphatic rings. The van der Waals surface area contributed by atoms with Crippen LogP contribution in [0, 0.1) is 34.0 Å². The van der Waals surface area contributed by atoms with Crippen molar-refractivity contribution in [1.82, 2.24) is 10.2 Å². The van der Waals surface area contributed by atoms with Gasteiger partial charge in [-0.2, -0.15) is 5.26 Å². The number of benzene rings is 3. The number of rotatable bonds is 22. The first-order valence-electron chi connectivity index (χ1n) is 24.7. The Hall–Kier alpha value is -4.63. The number of nitriles is 1. The second kappa shape index (κ2) is 25.0. The first kappa shape index (κ1) is 53.7. The molecule has 380 valence electrons. The molecule has 0 bridgehead atoms. The second-order valence-corrected chi connectivity index (χ2v) is 23.0. The Balaban J connectivity index is 0.000000275. The van der Waals surface area contributed by atoms with Crippen molar-refractivity contribution < 1.29 is 51.5 Å². The van der Waals surface area contributed by atoms with Gasteiger partial charge in [-0.3, -0.25) is 4.90 Å². The molecule has 4 aliphatic heterocycles. The lowest BCUT2D eigenvalue weighted by molar-refractivity contribution is -0.0907. The summed E-state index contributed by atoms with van der Waals surface area (Å²) in [6, 6.07) is 21.5. The summed E-state index contributed by atoms with van der Waals surface area (Å²) in [4.78, 5) is 15.8. The van der Waals surface area contributed by atoms with Crippen LogP contribution in [0.5, 0.6) is 23.0 Å². The number of fused-ring (bicyclic) bond motifs is 3. The van der Waals surface area contributed by atoms with Crippen LogP contribution < -0.4 is 30.0 Å². The maximum absolute atomic E-state index is 14.2.